The fourth-order valence-corrected chi connectivity index (χ4v) is 8.54. The highest BCUT2D eigenvalue weighted by Crippen LogP contribution is 2.43. The molecule has 0 bridgehead atoms. The molecular formula is C48H31NOS. The van der Waals surface area contributed by atoms with Crippen LogP contribution in [0.3, 0.4) is 0 Å². The Bertz CT molecular complexity index is 2830. The molecule has 0 radical (unpaired) electrons. The Morgan fingerprint density at radius 2 is 0.882 bits per heavy atom. The summed E-state index contributed by atoms with van der Waals surface area (Å²) in [5, 5.41) is 4.86. The lowest BCUT2D eigenvalue weighted by Gasteiger charge is -2.26. The minimum atomic E-state index is 0.912. The molecule has 2 nitrogen and oxygen atoms in total. The average molecular weight is 670 g/mol. The molecule has 3 heteroatoms. The van der Waals surface area contributed by atoms with Gasteiger partial charge in [0.1, 0.15) is 11.2 Å². The average Bonchev–Trinajstić information content (AvgIpc) is 3.77. The van der Waals surface area contributed by atoms with Gasteiger partial charge in [-0.15, -0.1) is 11.3 Å². The molecule has 0 spiro atoms. The van der Waals surface area contributed by atoms with E-state index >= 15 is 0 Å². The van der Waals surface area contributed by atoms with E-state index in [2.05, 4.69) is 181 Å². The second-order valence-corrected chi connectivity index (χ2v) is 14.0. The number of thiophene rings is 1. The van der Waals surface area contributed by atoms with E-state index in [9.17, 15) is 0 Å². The van der Waals surface area contributed by atoms with Crippen molar-refractivity contribution in [1.29, 1.82) is 0 Å². The first kappa shape index (κ1) is 29.5. The predicted octanol–water partition coefficient (Wildman–Crippen LogP) is 14.4. The van der Waals surface area contributed by atoms with Crippen molar-refractivity contribution in [2.24, 2.45) is 0 Å². The molecule has 0 N–H and O–H groups in total. The second kappa shape index (κ2) is 12.2. The third kappa shape index (κ3) is 5.18. The van der Waals surface area contributed by atoms with Gasteiger partial charge in [0, 0.05) is 53.6 Å². The summed E-state index contributed by atoms with van der Waals surface area (Å²) in [4.78, 5) is 2.36. The van der Waals surface area contributed by atoms with Crippen LogP contribution in [-0.2, 0) is 0 Å². The minimum absolute atomic E-state index is 0.912. The number of benzene rings is 8. The lowest BCUT2D eigenvalue weighted by atomic mass is 10.0. The molecule has 2 heterocycles. The van der Waals surface area contributed by atoms with Gasteiger partial charge in [-0.25, -0.2) is 0 Å². The molecule has 8 aromatic carbocycles. The van der Waals surface area contributed by atoms with E-state index in [4.69, 9.17) is 4.42 Å². The molecule has 10 rings (SSSR count). The smallest absolute Gasteiger partial charge is 0.143 e. The van der Waals surface area contributed by atoms with Crippen molar-refractivity contribution in [1.82, 2.24) is 0 Å². The number of furan rings is 1. The van der Waals surface area contributed by atoms with Gasteiger partial charge in [0.15, 0.2) is 0 Å². The number of nitrogens with zero attached hydrogens (tertiary/aromatic N) is 1. The van der Waals surface area contributed by atoms with Crippen molar-refractivity contribution in [3.05, 3.63) is 188 Å². The van der Waals surface area contributed by atoms with Gasteiger partial charge in [0.05, 0.1) is 0 Å². The maximum atomic E-state index is 6.39. The predicted molar refractivity (Wildman–Crippen MR) is 218 cm³/mol. The van der Waals surface area contributed by atoms with E-state index in [1.54, 1.807) is 0 Å². The fourth-order valence-electron chi connectivity index (χ4n) is 7.36. The Labute approximate surface area is 300 Å². The molecule has 2 aromatic heterocycles. The Hall–Kier alpha value is -6.42. The Kier molecular flexibility index (Phi) is 7.04. The maximum absolute atomic E-state index is 6.39. The number of hydrogen-bond acceptors (Lipinski definition) is 3. The van der Waals surface area contributed by atoms with Crippen LogP contribution < -0.4 is 4.90 Å². The van der Waals surface area contributed by atoms with Crippen LogP contribution >= 0.6 is 11.3 Å². The van der Waals surface area contributed by atoms with E-state index in [1.807, 2.05) is 23.5 Å². The van der Waals surface area contributed by atoms with Gasteiger partial charge >= 0.3 is 0 Å². The van der Waals surface area contributed by atoms with Gasteiger partial charge in [0.2, 0.25) is 0 Å². The quantitative estimate of drug-likeness (QED) is 0.175. The lowest BCUT2D eigenvalue weighted by Crippen LogP contribution is -2.09. The summed E-state index contributed by atoms with van der Waals surface area (Å²) in [6.45, 7) is 0. The zero-order valence-corrected chi connectivity index (χ0v) is 28.5. The lowest BCUT2D eigenvalue weighted by molar-refractivity contribution is 0.670. The molecular weight excluding hydrogens is 639 g/mol. The van der Waals surface area contributed by atoms with Gasteiger partial charge in [-0.2, -0.15) is 0 Å². The van der Waals surface area contributed by atoms with E-state index < -0.39 is 0 Å². The maximum Gasteiger partial charge on any atom is 0.143 e. The molecule has 0 unspecified atom stereocenters. The van der Waals surface area contributed by atoms with Gasteiger partial charge in [-0.05, 0) is 76.3 Å². The van der Waals surface area contributed by atoms with Crippen LogP contribution in [0.25, 0.3) is 75.5 Å². The largest absolute Gasteiger partial charge is 0.455 e. The summed E-state index contributed by atoms with van der Waals surface area (Å²) < 4.78 is 8.96. The van der Waals surface area contributed by atoms with Crippen LogP contribution in [0.2, 0.25) is 0 Å². The Morgan fingerprint density at radius 3 is 1.61 bits per heavy atom. The molecule has 0 aliphatic rings. The topological polar surface area (TPSA) is 16.4 Å². The van der Waals surface area contributed by atoms with Crippen molar-refractivity contribution in [2.75, 3.05) is 4.90 Å². The summed E-state index contributed by atoms with van der Waals surface area (Å²) in [5.41, 5.74) is 12.3. The van der Waals surface area contributed by atoms with E-state index in [-0.39, 0.29) is 0 Å². The first-order valence-electron chi connectivity index (χ1n) is 17.2. The number of para-hydroxylation sites is 2. The molecule has 0 atom stereocenters. The van der Waals surface area contributed by atoms with Crippen molar-refractivity contribution in [2.45, 2.75) is 0 Å². The summed E-state index contributed by atoms with van der Waals surface area (Å²) in [6, 6.07) is 67.4. The van der Waals surface area contributed by atoms with E-state index in [1.165, 1.54) is 42.4 Å². The summed E-state index contributed by atoms with van der Waals surface area (Å²) >= 11 is 1.86. The van der Waals surface area contributed by atoms with E-state index in [0.717, 1.165) is 50.1 Å². The second-order valence-electron chi connectivity index (χ2n) is 12.9. The highest BCUT2D eigenvalue weighted by Gasteiger charge is 2.17. The zero-order valence-electron chi connectivity index (χ0n) is 27.7. The van der Waals surface area contributed by atoms with Gasteiger partial charge < -0.3 is 9.32 Å². The van der Waals surface area contributed by atoms with Crippen LogP contribution in [0.5, 0.6) is 0 Å². The fraction of sp³-hybridized carbons (Fsp3) is 0. The Balaban J connectivity index is 1.08. The third-order valence-corrected chi connectivity index (χ3v) is 11.0. The zero-order chi connectivity index (χ0) is 33.7. The monoisotopic (exact) mass is 669 g/mol. The summed E-state index contributed by atoms with van der Waals surface area (Å²) in [5.74, 6) is 0. The molecule has 0 fully saturated rings. The van der Waals surface area contributed by atoms with Crippen molar-refractivity contribution < 1.29 is 4.42 Å². The van der Waals surface area contributed by atoms with Gasteiger partial charge in [-0.1, -0.05) is 140 Å². The first-order valence-corrected chi connectivity index (χ1v) is 18.1. The van der Waals surface area contributed by atoms with Crippen LogP contribution in [0.15, 0.2) is 192 Å². The molecule has 240 valence electrons. The van der Waals surface area contributed by atoms with Crippen LogP contribution in [0.4, 0.5) is 17.1 Å². The molecule has 0 saturated heterocycles. The van der Waals surface area contributed by atoms with Gasteiger partial charge in [0.25, 0.3) is 0 Å². The van der Waals surface area contributed by atoms with Crippen LogP contribution in [0, 0.1) is 0 Å². The SMILES string of the molecule is c1ccc(-c2ccc(N(c3ccc(-c4cccc5c4oc4ccccc45)cc3)c3ccc4c(c3)sc3cc(-c5ccccc5)ccc34)cc2)cc1. The van der Waals surface area contributed by atoms with Crippen molar-refractivity contribution >= 4 is 70.5 Å². The number of fused-ring (bicyclic) bond motifs is 6. The highest BCUT2D eigenvalue weighted by atomic mass is 32.1. The molecule has 51 heavy (non-hydrogen) atoms. The van der Waals surface area contributed by atoms with E-state index in [0.29, 0.717) is 0 Å². The summed E-state index contributed by atoms with van der Waals surface area (Å²) in [6.07, 6.45) is 0. The first-order chi connectivity index (χ1) is 25.3. The molecule has 0 aliphatic carbocycles. The normalized spacial score (nSPS) is 11.5. The highest BCUT2D eigenvalue weighted by molar-refractivity contribution is 7.25. The van der Waals surface area contributed by atoms with Crippen LogP contribution in [-0.4, -0.2) is 0 Å². The van der Waals surface area contributed by atoms with Crippen molar-refractivity contribution in [3.63, 3.8) is 0 Å². The number of hydrogen-bond donors (Lipinski definition) is 0. The van der Waals surface area contributed by atoms with Gasteiger partial charge in [-0.3, -0.25) is 0 Å². The van der Waals surface area contributed by atoms with Crippen molar-refractivity contribution in [3.8, 4) is 33.4 Å². The number of rotatable bonds is 6. The molecule has 0 amide bonds. The van der Waals surface area contributed by atoms with Crippen LogP contribution in [0.1, 0.15) is 0 Å². The molecule has 0 aliphatic heterocycles. The standard InChI is InChI=1S/C48H31NOS/c1-3-10-32(11-4-1)34-18-23-37(24-19-34)49(38-25-20-35(21-26-38)40-15-9-16-44-41-14-7-8-17-45(41)50-48(40)44)39-27-29-43-42-28-22-36(33-12-5-2-6-13-33)30-46(42)51-47(43)31-39/h1-31H. The Morgan fingerprint density at radius 1 is 0.353 bits per heavy atom. The summed E-state index contributed by atoms with van der Waals surface area (Å²) in [7, 11) is 0. The molecule has 0 saturated carbocycles. The number of anilines is 3. The molecule has 10 aromatic rings. The minimum Gasteiger partial charge on any atom is -0.455 e. The third-order valence-electron chi connectivity index (χ3n) is 9.90.